The summed E-state index contributed by atoms with van der Waals surface area (Å²) in [5, 5.41) is 18.6. The van der Waals surface area contributed by atoms with Crippen LogP contribution in [0.3, 0.4) is 0 Å². The highest BCUT2D eigenvalue weighted by Crippen LogP contribution is 2.37. The Morgan fingerprint density at radius 1 is 1.14 bits per heavy atom. The van der Waals surface area contributed by atoms with Crippen LogP contribution in [0.5, 0.6) is 0 Å². The van der Waals surface area contributed by atoms with Crippen LogP contribution in [0, 0.1) is 0 Å². The van der Waals surface area contributed by atoms with Crippen molar-refractivity contribution >= 4 is 27.6 Å². The number of sulfonamides is 1. The molecule has 29 heavy (non-hydrogen) atoms. The van der Waals surface area contributed by atoms with E-state index in [4.69, 9.17) is 16.7 Å². The second kappa shape index (κ2) is 8.39. The highest BCUT2D eigenvalue weighted by Gasteiger charge is 2.44. The zero-order chi connectivity index (χ0) is 21.2. The van der Waals surface area contributed by atoms with Crippen LogP contribution in [0.1, 0.15) is 18.4 Å². The van der Waals surface area contributed by atoms with Crippen molar-refractivity contribution in [1.29, 1.82) is 0 Å². The van der Waals surface area contributed by atoms with Crippen molar-refractivity contribution in [2.24, 2.45) is 0 Å². The number of carbonyl (C=O) groups is 1. The number of carboxylic acid groups (broad SMARTS) is 1. The molecular formula is C20H21ClFNO5S. The third-order valence-corrected chi connectivity index (χ3v) is 7.41. The second-order valence-corrected chi connectivity index (χ2v) is 9.27. The number of aliphatic hydroxyl groups excluding tert-OH is 1. The first-order chi connectivity index (χ1) is 13.7. The third-order valence-electron chi connectivity index (χ3n) is 5.12. The van der Waals surface area contributed by atoms with Crippen molar-refractivity contribution in [3.8, 4) is 11.1 Å². The predicted octanol–water partition coefficient (Wildman–Crippen LogP) is 3.12. The molecule has 0 spiro atoms. The molecule has 2 N–H and O–H groups in total. The molecule has 0 aliphatic carbocycles. The Hall–Kier alpha value is -2.00. The van der Waals surface area contributed by atoms with E-state index in [1.165, 1.54) is 6.07 Å². The van der Waals surface area contributed by atoms with Gasteiger partial charge in [0.2, 0.25) is 15.7 Å². The van der Waals surface area contributed by atoms with E-state index in [9.17, 15) is 22.7 Å². The maximum Gasteiger partial charge on any atom is 0.341 e. The van der Waals surface area contributed by atoms with Crippen molar-refractivity contribution in [3.05, 3.63) is 53.1 Å². The maximum absolute atomic E-state index is 14.3. The van der Waals surface area contributed by atoms with Crippen molar-refractivity contribution < 1.29 is 27.8 Å². The molecule has 0 saturated carbocycles. The van der Waals surface area contributed by atoms with Crippen LogP contribution < -0.4 is 0 Å². The zero-order valence-electron chi connectivity index (χ0n) is 15.5. The van der Waals surface area contributed by atoms with E-state index in [0.29, 0.717) is 22.6 Å². The van der Waals surface area contributed by atoms with Gasteiger partial charge in [-0.1, -0.05) is 35.9 Å². The molecule has 1 aliphatic rings. The van der Waals surface area contributed by atoms with Crippen LogP contribution in [-0.2, 0) is 21.2 Å². The molecule has 1 aliphatic heterocycles. The Balaban J connectivity index is 2.03. The normalized spacial score (nSPS) is 17.2. The summed E-state index contributed by atoms with van der Waals surface area (Å²) in [6.07, 6.45) is -0.471. The number of carboxylic acids is 1. The average Bonchev–Trinajstić information content (AvgIpc) is 2.69. The molecule has 2 aromatic rings. The lowest BCUT2D eigenvalue weighted by molar-refractivity contribution is -0.153. The van der Waals surface area contributed by atoms with Crippen LogP contribution in [0.4, 0.5) is 4.39 Å². The van der Waals surface area contributed by atoms with E-state index in [2.05, 4.69) is 0 Å². The predicted molar refractivity (Wildman–Crippen MR) is 107 cm³/mol. The summed E-state index contributed by atoms with van der Waals surface area (Å²) in [4.78, 5) is 11.1. The minimum Gasteiger partial charge on any atom is -0.479 e. The number of halogens is 2. The molecule has 0 unspecified atom stereocenters. The van der Waals surface area contributed by atoms with Gasteiger partial charge in [-0.2, -0.15) is 4.31 Å². The minimum absolute atomic E-state index is 0.00831. The highest BCUT2D eigenvalue weighted by molar-refractivity contribution is 7.89. The Bertz CT molecular complexity index is 1020. The monoisotopic (exact) mass is 441 g/mol. The molecule has 0 amide bonds. The first kappa shape index (κ1) is 21.7. The Labute approximate surface area is 173 Å². The van der Waals surface area contributed by atoms with Gasteiger partial charge in [-0.05, 0) is 30.2 Å². The maximum atomic E-state index is 14.3. The Kier molecular flexibility index (Phi) is 6.28. The van der Waals surface area contributed by atoms with Gasteiger partial charge in [0.15, 0.2) is 0 Å². The molecule has 3 rings (SSSR count). The molecule has 156 valence electrons. The van der Waals surface area contributed by atoms with Gasteiger partial charge in [0.05, 0.1) is 4.90 Å². The number of benzene rings is 2. The number of hydrogen-bond donors (Lipinski definition) is 2. The number of nitrogens with zero attached hydrogens (tertiary/aromatic N) is 1. The molecule has 0 atom stereocenters. The Morgan fingerprint density at radius 2 is 1.79 bits per heavy atom. The summed E-state index contributed by atoms with van der Waals surface area (Å²) >= 11 is 6.30. The van der Waals surface area contributed by atoms with Gasteiger partial charge < -0.3 is 10.2 Å². The lowest BCUT2D eigenvalue weighted by Gasteiger charge is -2.33. The van der Waals surface area contributed by atoms with E-state index in [-0.39, 0.29) is 24.6 Å². The van der Waals surface area contributed by atoms with Gasteiger partial charge in [-0.3, -0.25) is 0 Å². The molecule has 0 bridgehead atoms. The summed E-state index contributed by atoms with van der Waals surface area (Å²) in [7, 11) is -4.01. The van der Waals surface area contributed by atoms with E-state index in [0.717, 1.165) is 9.87 Å². The summed E-state index contributed by atoms with van der Waals surface area (Å²) in [5.41, 5.74) is -0.761. The quantitative estimate of drug-likeness (QED) is 0.718. The van der Waals surface area contributed by atoms with E-state index in [1.807, 2.05) is 0 Å². The van der Waals surface area contributed by atoms with Crippen molar-refractivity contribution in [1.82, 2.24) is 4.31 Å². The van der Waals surface area contributed by atoms with Crippen LogP contribution in [-0.4, -0.2) is 54.3 Å². The van der Waals surface area contributed by atoms with Crippen LogP contribution in [0.2, 0.25) is 5.02 Å². The van der Waals surface area contributed by atoms with Gasteiger partial charge in [0, 0.05) is 48.7 Å². The fourth-order valence-corrected chi connectivity index (χ4v) is 5.28. The summed E-state index contributed by atoms with van der Waals surface area (Å²) in [6.45, 7) is -0.551. The fraction of sp³-hybridized carbons (Fsp3) is 0.350. The summed E-state index contributed by atoms with van der Waals surface area (Å²) < 4.78 is 42.1. The zero-order valence-corrected chi connectivity index (χ0v) is 17.1. The molecule has 6 nitrogen and oxygen atoms in total. The van der Waals surface area contributed by atoms with Crippen molar-refractivity contribution in [2.75, 3.05) is 19.7 Å². The Morgan fingerprint density at radius 3 is 2.38 bits per heavy atom. The number of piperidine rings is 1. The topological polar surface area (TPSA) is 94.9 Å². The molecule has 1 fully saturated rings. The third kappa shape index (κ3) is 4.30. The van der Waals surface area contributed by atoms with Crippen LogP contribution in [0.25, 0.3) is 11.1 Å². The van der Waals surface area contributed by atoms with Crippen molar-refractivity contribution in [3.63, 3.8) is 0 Å². The van der Waals surface area contributed by atoms with E-state index >= 15 is 0 Å². The van der Waals surface area contributed by atoms with Gasteiger partial charge in [0.1, 0.15) is 0 Å². The number of rotatable bonds is 6. The summed E-state index contributed by atoms with van der Waals surface area (Å²) in [5.74, 6) is -1.57. The average molecular weight is 442 g/mol. The van der Waals surface area contributed by atoms with Gasteiger partial charge >= 0.3 is 5.97 Å². The van der Waals surface area contributed by atoms with E-state index < -0.39 is 34.5 Å². The molecule has 1 heterocycles. The lowest BCUT2D eigenvalue weighted by Crippen LogP contribution is -2.48. The molecule has 1 saturated heterocycles. The van der Waals surface area contributed by atoms with Gasteiger partial charge in [0.25, 0.3) is 0 Å². The molecular weight excluding hydrogens is 421 g/mol. The van der Waals surface area contributed by atoms with Crippen LogP contribution >= 0.6 is 11.6 Å². The molecule has 9 heteroatoms. The van der Waals surface area contributed by atoms with E-state index in [1.54, 1.807) is 36.4 Å². The van der Waals surface area contributed by atoms with Gasteiger partial charge in [-0.15, -0.1) is 0 Å². The lowest BCUT2D eigenvalue weighted by atomic mass is 9.95. The fourth-order valence-electron chi connectivity index (χ4n) is 3.41. The first-order valence-corrected chi connectivity index (χ1v) is 10.9. The van der Waals surface area contributed by atoms with Crippen LogP contribution in [0.15, 0.2) is 47.4 Å². The van der Waals surface area contributed by atoms with Crippen molar-refractivity contribution in [2.45, 2.75) is 29.8 Å². The molecule has 0 aromatic heterocycles. The summed E-state index contributed by atoms with van der Waals surface area (Å²) in [6, 6.07) is 11.6. The first-order valence-electron chi connectivity index (χ1n) is 9.10. The van der Waals surface area contributed by atoms with Gasteiger partial charge in [-0.25, -0.2) is 17.6 Å². The largest absolute Gasteiger partial charge is 0.479 e. The smallest absolute Gasteiger partial charge is 0.341 e. The standard InChI is InChI=1S/C20H21ClFNO5S/c21-17-4-2-1-3-15(17)16-13-14(7-12-24)5-6-18(16)29(27,28)23-10-8-20(22,9-11-23)19(25)26/h1-6,13,24H,7-12H2,(H,25,26). The number of alkyl halides is 1. The SMILES string of the molecule is O=C(O)C1(F)CCN(S(=O)(=O)c2ccc(CCO)cc2-c2ccccc2Cl)CC1. The number of aliphatic hydroxyl groups is 1. The second-order valence-electron chi connectivity index (χ2n) is 6.96. The number of hydrogen-bond acceptors (Lipinski definition) is 4. The number of aliphatic carboxylic acids is 1. The molecule has 0 radical (unpaired) electrons. The molecule has 2 aromatic carbocycles. The highest BCUT2D eigenvalue weighted by atomic mass is 35.5. The minimum atomic E-state index is -4.01.